The van der Waals surface area contributed by atoms with E-state index in [1.165, 1.54) is 0 Å². The molecule has 26 heavy (non-hydrogen) atoms. The van der Waals surface area contributed by atoms with Crippen LogP contribution in [-0.4, -0.2) is 70.6 Å². The zero-order valence-corrected chi connectivity index (χ0v) is 16.0. The summed E-state index contributed by atoms with van der Waals surface area (Å²) >= 11 is 0. The van der Waals surface area contributed by atoms with Crippen LogP contribution < -0.4 is 10.9 Å². The molecule has 0 amide bonds. The molecule has 0 aliphatic carbocycles. The summed E-state index contributed by atoms with van der Waals surface area (Å²) in [7, 11) is 2.17. The highest BCUT2D eigenvalue weighted by Crippen LogP contribution is 2.16. The lowest BCUT2D eigenvalue weighted by molar-refractivity contribution is 0.151. The second kappa shape index (κ2) is 7.97. The molecule has 7 nitrogen and oxygen atoms in total. The van der Waals surface area contributed by atoms with Crippen molar-refractivity contribution >= 4 is 5.82 Å². The van der Waals surface area contributed by atoms with Gasteiger partial charge in [-0.3, -0.25) is 9.69 Å². The topological polar surface area (TPSA) is 77.2 Å². The van der Waals surface area contributed by atoms with Gasteiger partial charge in [-0.1, -0.05) is 0 Å². The van der Waals surface area contributed by atoms with Crippen molar-refractivity contribution in [3.63, 3.8) is 0 Å². The monoisotopic (exact) mass is 356 g/mol. The molecule has 1 saturated heterocycles. The van der Waals surface area contributed by atoms with Gasteiger partial charge < -0.3 is 15.2 Å². The molecule has 7 heteroatoms. The zero-order valence-electron chi connectivity index (χ0n) is 16.0. The Kier molecular flexibility index (Phi) is 5.68. The van der Waals surface area contributed by atoms with E-state index in [9.17, 15) is 4.79 Å². The summed E-state index contributed by atoms with van der Waals surface area (Å²) < 4.78 is 0. The highest BCUT2D eigenvalue weighted by atomic mass is 16.1. The van der Waals surface area contributed by atoms with Crippen molar-refractivity contribution in [3.05, 3.63) is 39.9 Å². The van der Waals surface area contributed by atoms with Gasteiger partial charge in [0.25, 0.3) is 5.56 Å². The van der Waals surface area contributed by atoms with Crippen LogP contribution in [0.15, 0.2) is 23.1 Å². The van der Waals surface area contributed by atoms with Crippen LogP contribution in [-0.2, 0) is 0 Å². The number of likely N-dealkylation sites (N-methyl/N-ethyl adjacent to an activating group) is 1. The van der Waals surface area contributed by atoms with Crippen LogP contribution in [0.5, 0.6) is 0 Å². The Balaban J connectivity index is 1.61. The number of hydrogen-bond acceptors (Lipinski definition) is 6. The average molecular weight is 356 g/mol. The molecular weight excluding hydrogens is 328 g/mol. The number of nitrogens with one attached hydrogen (secondary N) is 2. The summed E-state index contributed by atoms with van der Waals surface area (Å²) in [6.45, 7) is 11.3. The lowest BCUT2D eigenvalue weighted by Crippen LogP contribution is -2.47. The van der Waals surface area contributed by atoms with E-state index in [2.05, 4.69) is 44.0 Å². The Morgan fingerprint density at radius 2 is 1.96 bits per heavy atom. The first kappa shape index (κ1) is 18.5. The van der Waals surface area contributed by atoms with Crippen LogP contribution in [0.3, 0.4) is 0 Å². The maximum absolute atomic E-state index is 11.9. The van der Waals surface area contributed by atoms with E-state index < -0.39 is 0 Å². The van der Waals surface area contributed by atoms with Gasteiger partial charge in [0.05, 0.1) is 0 Å². The number of nitrogens with zero attached hydrogens (tertiary/aromatic N) is 4. The van der Waals surface area contributed by atoms with E-state index in [-0.39, 0.29) is 5.56 Å². The van der Waals surface area contributed by atoms with Crippen molar-refractivity contribution < 1.29 is 0 Å². The minimum Gasteiger partial charge on any atom is -0.366 e. The van der Waals surface area contributed by atoms with Crippen LogP contribution in [0.2, 0.25) is 0 Å². The summed E-state index contributed by atoms with van der Waals surface area (Å²) in [4.78, 5) is 28.5. The third-order valence-corrected chi connectivity index (χ3v) is 4.95. The van der Waals surface area contributed by atoms with Crippen LogP contribution in [0.4, 0.5) is 5.82 Å². The molecule has 2 aromatic heterocycles. The van der Waals surface area contributed by atoms with Crippen molar-refractivity contribution in [2.75, 3.05) is 45.1 Å². The second-order valence-corrected chi connectivity index (χ2v) is 7.21. The van der Waals surface area contributed by atoms with Crippen LogP contribution >= 0.6 is 0 Å². The van der Waals surface area contributed by atoms with E-state index in [4.69, 9.17) is 0 Å². The molecule has 0 radical (unpaired) electrons. The van der Waals surface area contributed by atoms with Gasteiger partial charge in [0.1, 0.15) is 11.6 Å². The SMILES string of the molecule is Cc1nc(-c2ccc(NC(C)CN3CCN(C)CC3)nc2)[nH]c(=O)c1C. The first-order chi connectivity index (χ1) is 12.4. The fourth-order valence-corrected chi connectivity index (χ4v) is 3.12. The lowest BCUT2D eigenvalue weighted by atomic mass is 10.2. The first-order valence-electron chi connectivity index (χ1n) is 9.14. The van der Waals surface area contributed by atoms with E-state index in [1.807, 2.05) is 19.1 Å². The van der Waals surface area contributed by atoms with Crippen LogP contribution in [0, 0.1) is 13.8 Å². The van der Waals surface area contributed by atoms with Gasteiger partial charge in [-0.15, -0.1) is 0 Å². The Morgan fingerprint density at radius 3 is 2.58 bits per heavy atom. The number of aryl methyl sites for hydroxylation is 1. The average Bonchev–Trinajstić information content (AvgIpc) is 2.62. The summed E-state index contributed by atoms with van der Waals surface area (Å²) in [6, 6.07) is 4.19. The zero-order chi connectivity index (χ0) is 18.7. The molecule has 2 N–H and O–H groups in total. The Bertz CT molecular complexity index is 793. The molecule has 0 saturated carbocycles. The Hall–Kier alpha value is -2.25. The van der Waals surface area contributed by atoms with E-state index in [0.717, 1.165) is 49.8 Å². The van der Waals surface area contributed by atoms with Crippen molar-refractivity contribution in [1.29, 1.82) is 0 Å². The molecule has 1 aliphatic rings. The summed E-state index contributed by atoms with van der Waals surface area (Å²) in [5.41, 5.74) is 2.10. The van der Waals surface area contributed by atoms with Gasteiger partial charge >= 0.3 is 0 Å². The fourth-order valence-electron chi connectivity index (χ4n) is 3.12. The number of pyridine rings is 1. The van der Waals surface area contributed by atoms with E-state index in [0.29, 0.717) is 17.4 Å². The predicted molar refractivity (Wildman–Crippen MR) is 105 cm³/mol. The molecule has 1 aliphatic heterocycles. The van der Waals surface area contributed by atoms with E-state index >= 15 is 0 Å². The molecule has 1 atom stereocenters. The van der Waals surface area contributed by atoms with Crippen molar-refractivity contribution in [1.82, 2.24) is 24.8 Å². The highest BCUT2D eigenvalue weighted by Gasteiger charge is 2.16. The van der Waals surface area contributed by atoms with Crippen molar-refractivity contribution in [3.8, 4) is 11.4 Å². The number of hydrogen-bond donors (Lipinski definition) is 2. The molecule has 0 bridgehead atoms. The maximum atomic E-state index is 11.9. The first-order valence-corrected chi connectivity index (χ1v) is 9.14. The number of H-pyrrole nitrogens is 1. The molecule has 1 fully saturated rings. The standard InChI is InChI=1S/C19H28N6O/c1-13(12-25-9-7-24(4)8-10-25)21-17-6-5-16(11-20-17)18-22-15(3)14(2)19(26)23-18/h5-6,11,13H,7-10,12H2,1-4H3,(H,20,21)(H,22,23,26). The minimum atomic E-state index is -0.101. The summed E-state index contributed by atoms with van der Waals surface area (Å²) in [6.07, 6.45) is 1.75. The molecular formula is C19H28N6O. The van der Waals surface area contributed by atoms with Gasteiger partial charge in [0, 0.05) is 61.8 Å². The molecule has 140 valence electrons. The molecule has 3 heterocycles. The smallest absolute Gasteiger partial charge is 0.254 e. The summed E-state index contributed by atoms with van der Waals surface area (Å²) in [5.74, 6) is 1.39. The number of aromatic amines is 1. The molecule has 0 aromatic carbocycles. The number of anilines is 1. The molecule has 0 spiro atoms. The van der Waals surface area contributed by atoms with Gasteiger partial charge in [-0.05, 0) is 40.0 Å². The Morgan fingerprint density at radius 1 is 1.23 bits per heavy atom. The largest absolute Gasteiger partial charge is 0.366 e. The maximum Gasteiger partial charge on any atom is 0.254 e. The summed E-state index contributed by atoms with van der Waals surface area (Å²) in [5, 5.41) is 3.45. The van der Waals surface area contributed by atoms with Gasteiger partial charge in [0.15, 0.2) is 0 Å². The van der Waals surface area contributed by atoms with Crippen molar-refractivity contribution in [2.24, 2.45) is 0 Å². The van der Waals surface area contributed by atoms with Gasteiger partial charge in [-0.2, -0.15) is 0 Å². The van der Waals surface area contributed by atoms with Crippen LogP contribution in [0.25, 0.3) is 11.4 Å². The lowest BCUT2D eigenvalue weighted by Gasteiger charge is -2.34. The number of aromatic nitrogens is 3. The number of piperazine rings is 1. The van der Waals surface area contributed by atoms with Crippen molar-refractivity contribution in [2.45, 2.75) is 26.8 Å². The minimum absolute atomic E-state index is 0.101. The third-order valence-electron chi connectivity index (χ3n) is 4.95. The highest BCUT2D eigenvalue weighted by molar-refractivity contribution is 5.56. The Labute approximate surface area is 154 Å². The normalized spacial score (nSPS) is 17.2. The van der Waals surface area contributed by atoms with E-state index in [1.54, 1.807) is 13.1 Å². The molecule has 1 unspecified atom stereocenters. The number of rotatable bonds is 5. The quantitative estimate of drug-likeness (QED) is 0.845. The second-order valence-electron chi connectivity index (χ2n) is 7.21. The van der Waals surface area contributed by atoms with Gasteiger partial charge in [-0.25, -0.2) is 9.97 Å². The van der Waals surface area contributed by atoms with Crippen LogP contribution in [0.1, 0.15) is 18.2 Å². The molecule has 3 rings (SSSR count). The molecule has 2 aromatic rings. The fraction of sp³-hybridized carbons (Fsp3) is 0.526. The van der Waals surface area contributed by atoms with Gasteiger partial charge in [0.2, 0.25) is 0 Å². The predicted octanol–water partition coefficient (Wildman–Crippen LogP) is 1.50. The third kappa shape index (κ3) is 4.47.